The molecule has 0 N–H and O–H groups in total. The highest BCUT2D eigenvalue weighted by Crippen LogP contribution is 2.45. The molecule has 2 heteroatoms. The minimum Gasteiger partial charge on any atom is -0.307 e. The van der Waals surface area contributed by atoms with Gasteiger partial charge >= 0.3 is 0 Å². The molecule has 0 radical (unpaired) electrons. The Morgan fingerprint density at radius 1 is 0.722 bits per heavy atom. The lowest BCUT2D eigenvalue weighted by Gasteiger charge is -2.24. The second-order valence-corrected chi connectivity index (χ2v) is 12.2. The molecular formula is C34H33N2+. The Morgan fingerprint density at radius 2 is 1.42 bits per heavy atom. The molecule has 0 atom stereocenters. The van der Waals surface area contributed by atoms with Crippen molar-refractivity contribution >= 4 is 59.8 Å². The van der Waals surface area contributed by atoms with Crippen molar-refractivity contribution in [1.82, 2.24) is 4.40 Å². The van der Waals surface area contributed by atoms with Crippen molar-refractivity contribution in [3.63, 3.8) is 0 Å². The van der Waals surface area contributed by atoms with Gasteiger partial charge in [0.1, 0.15) is 7.05 Å². The van der Waals surface area contributed by atoms with E-state index in [2.05, 4.69) is 118 Å². The third kappa shape index (κ3) is 2.76. The standard InChI is InChI=1S/C34H33N2/c1-19-8-11-23-26(16-19)21(3)29-32(27(23)18-34(4,5)6)36-28-17-20(2)9-12-24(28)25-13-10-22-14-15-35(7)33(29)30(22)31(25)36/h8-17H,18H2,1-7H3/q+1. The Hall–Kier alpha value is -3.65. The molecular weight excluding hydrogens is 436 g/mol. The third-order valence-electron chi connectivity index (χ3n) is 8.15. The zero-order chi connectivity index (χ0) is 25.1. The monoisotopic (exact) mass is 469 g/mol. The van der Waals surface area contributed by atoms with Gasteiger partial charge in [-0.1, -0.05) is 68.8 Å². The highest BCUT2D eigenvalue weighted by Gasteiger charge is 2.28. The molecule has 36 heavy (non-hydrogen) atoms. The number of aryl methyl sites for hydroxylation is 4. The third-order valence-corrected chi connectivity index (χ3v) is 8.15. The summed E-state index contributed by atoms with van der Waals surface area (Å²) in [6.45, 7) is 13.9. The Labute approximate surface area is 212 Å². The van der Waals surface area contributed by atoms with E-state index in [1.54, 1.807) is 0 Å². The molecule has 0 fully saturated rings. The first-order chi connectivity index (χ1) is 17.1. The van der Waals surface area contributed by atoms with Crippen molar-refractivity contribution in [2.75, 3.05) is 0 Å². The molecule has 0 aliphatic carbocycles. The Bertz CT molecular complexity index is 2030. The maximum Gasteiger partial charge on any atom is 0.224 e. The Balaban J connectivity index is 1.94. The number of nitrogens with zero attached hydrogens (tertiary/aromatic N) is 2. The minimum atomic E-state index is 0.157. The summed E-state index contributed by atoms with van der Waals surface area (Å²) in [5.41, 5.74) is 11.0. The average molecular weight is 470 g/mol. The number of hydrogen-bond donors (Lipinski definition) is 0. The lowest BCUT2D eigenvalue weighted by molar-refractivity contribution is -0.643. The van der Waals surface area contributed by atoms with Crippen LogP contribution in [0.15, 0.2) is 60.8 Å². The van der Waals surface area contributed by atoms with Gasteiger partial charge in [0.05, 0.1) is 27.3 Å². The van der Waals surface area contributed by atoms with Crippen LogP contribution in [0.3, 0.4) is 0 Å². The first-order valence-electron chi connectivity index (χ1n) is 13.1. The van der Waals surface area contributed by atoms with Gasteiger partial charge in [0.2, 0.25) is 5.52 Å². The van der Waals surface area contributed by atoms with Crippen LogP contribution < -0.4 is 4.57 Å². The van der Waals surface area contributed by atoms with Crippen LogP contribution in [0.25, 0.3) is 59.8 Å². The summed E-state index contributed by atoms with van der Waals surface area (Å²) in [4.78, 5) is 0. The minimum absolute atomic E-state index is 0.157. The molecule has 3 aromatic heterocycles. The second-order valence-electron chi connectivity index (χ2n) is 12.2. The van der Waals surface area contributed by atoms with Crippen LogP contribution in [0.1, 0.15) is 43.0 Å². The first-order valence-corrected chi connectivity index (χ1v) is 13.1. The summed E-state index contributed by atoms with van der Waals surface area (Å²) in [6, 6.07) is 20.9. The van der Waals surface area contributed by atoms with Crippen molar-refractivity contribution in [2.45, 2.75) is 48.0 Å². The fourth-order valence-corrected chi connectivity index (χ4v) is 6.66. The van der Waals surface area contributed by atoms with Gasteiger partial charge in [0, 0.05) is 16.8 Å². The molecule has 7 aromatic rings. The van der Waals surface area contributed by atoms with Crippen LogP contribution in [-0.2, 0) is 13.5 Å². The van der Waals surface area contributed by atoms with Crippen LogP contribution >= 0.6 is 0 Å². The molecule has 0 saturated heterocycles. The van der Waals surface area contributed by atoms with E-state index in [4.69, 9.17) is 0 Å². The quantitative estimate of drug-likeness (QED) is 0.129. The zero-order valence-corrected chi connectivity index (χ0v) is 22.4. The SMILES string of the molecule is Cc1ccc2c(CC(C)(C)C)c3c(c(C)c2c1)c1c2c(ccc4c5ccc(C)cc5n3c42)cc[n+]1C. The van der Waals surface area contributed by atoms with Gasteiger partial charge in [-0.15, -0.1) is 0 Å². The smallest absolute Gasteiger partial charge is 0.224 e. The van der Waals surface area contributed by atoms with Gasteiger partial charge in [-0.3, -0.25) is 0 Å². The fraction of sp³-hybridized carbons (Fsp3) is 0.265. The van der Waals surface area contributed by atoms with E-state index in [1.807, 2.05) is 0 Å². The van der Waals surface area contributed by atoms with Gasteiger partial charge in [-0.05, 0) is 71.5 Å². The fourth-order valence-electron chi connectivity index (χ4n) is 6.66. The number of pyridine rings is 2. The van der Waals surface area contributed by atoms with E-state index >= 15 is 0 Å². The van der Waals surface area contributed by atoms with E-state index < -0.39 is 0 Å². The number of hydrogen-bond acceptors (Lipinski definition) is 0. The number of aromatic nitrogens is 2. The summed E-state index contributed by atoms with van der Waals surface area (Å²) in [5.74, 6) is 0. The van der Waals surface area contributed by atoms with Crippen LogP contribution in [0.5, 0.6) is 0 Å². The summed E-state index contributed by atoms with van der Waals surface area (Å²) in [7, 11) is 2.21. The predicted octanol–water partition coefficient (Wildman–Crippen LogP) is 8.48. The predicted molar refractivity (Wildman–Crippen MR) is 155 cm³/mol. The second kappa shape index (κ2) is 6.97. The van der Waals surface area contributed by atoms with Gasteiger partial charge in [0.25, 0.3) is 0 Å². The van der Waals surface area contributed by atoms with E-state index in [0.717, 1.165) is 6.42 Å². The molecule has 0 aliphatic rings. The van der Waals surface area contributed by atoms with Gasteiger partial charge < -0.3 is 4.40 Å². The van der Waals surface area contributed by atoms with Crippen molar-refractivity contribution in [3.8, 4) is 0 Å². The summed E-state index contributed by atoms with van der Waals surface area (Å²) in [6.07, 6.45) is 3.25. The molecule has 7 rings (SSSR count). The van der Waals surface area contributed by atoms with Crippen LogP contribution in [0, 0.1) is 26.2 Å². The number of fused-ring (bicyclic) bond motifs is 7. The molecule has 0 saturated carbocycles. The first kappa shape index (κ1) is 21.6. The molecule has 2 nitrogen and oxygen atoms in total. The van der Waals surface area contributed by atoms with Gasteiger partial charge in [-0.25, -0.2) is 4.57 Å². The topological polar surface area (TPSA) is 8.29 Å². The highest BCUT2D eigenvalue weighted by molar-refractivity contribution is 6.29. The lowest BCUT2D eigenvalue weighted by atomic mass is 9.83. The Morgan fingerprint density at radius 3 is 2.17 bits per heavy atom. The van der Waals surface area contributed by atoms with Crippen molar-refractivity contribution in [3.05, 3.63) is 83.0 Å². The summed E-state index contributed by atoms with van der Waals surface area (Å²) in [5, 5.41) is 9.53. The lowest BCUT2D eigenvalue weighted by Crippen LogP contribution is -2.29. The number of benzene rings is 4. The van der Waals surface area contributed by atoms with E-state index in [9.17, 15) is 0 Å². The summed E-state index contributed by atoms with van der Waals surface area (Å²) < 4.78 is 4.97. The maximum absolute atomic E-state index is 2.62. The molecule has 178 valence electrons. The van der Waals surface area contributed by atoms with Crippen LogP contribution in [-0.4, -0.2) is 4.40 Å². The molecule has 0 aliphatic heterocycles. The Kier molecular flexibility index (Phi) is 4.19. The average Bonchev–Trinajstić information content (AvgIpc) is 3.15. The highest BCUT2D eigenvalue weighted by atomic mass is 15.0. The van der Waals surface area contributed by atoms with Crippen LogP contribution in [0.4, 0.5) is 0 Å². The molecule has 0 bridgehead atoms. The van der Waals surface area contributed by atoms with Gasteiger partial charge in [0.15, 0.2) is 6.20 Å². The van der Waals surface area contributed by atoms with Crippen molar-refractivity contribution < 1.29 is 4.57 Å². The molecule has 0 spiro atoms. The van der Waals surface area contributed by atoms with E-state index in [0.29, 0.717) is 0 Å². The molecule has 0 amide bonds. The summed E-state index contributed by atoms with van der Waals surface area (Å²) >= 11 is 0. The molecule has 0 unspecified atom stereocenters. The van der Waals surface area contributed by atoms with E-state index in [-0.39, 0.29) is 5.41 Å². The number of rotatable bonds is 1. The molecule has 4 aromatic carbocycles. The zero-order valence-electron chi connectivity index (χ0n) is 22.4. The molecule has 3 heterocycles. The van der Waals surface area contributed by atoms with E-state index in [1.165, 1.54) is 82.0 Å². The van der Waals surface area contributed by atoms with Crippen molar-refractivity contribution in [2.24, 2.45) is 12.5 Å². The largest absolute Gasteiger partial charge is 0.307 e. The van der Waals surface area contributed by atoms with Crippen LogP contribution in [0.2, 0.25) is 0 Å². The van der Waals surface area contributed by atoms with Crippen molar-refractivity contribution in [1.29, 1.82) is 0 Å². The van der Waals surface area contributed by atoms with Gasteiger partial charge in [-0.2, -0.15) is 0 Å². The normalized spacial score (nSPS) is 13.0. The maximum atomic E-state index is 2.62.